The summed E-state index contributed by atoms with van der Waals surface area (Å²) in [6, 6.07) is 0.742. The van der Waals surface area contributed by atoms with Gasteiger partial charge in [-0.15, -0.1) is 12.4 Å². The number of likely N-dealkylation sites (tertiary alicyclic amines) is 1. The largest absolute Gasteiger partial charge is 0.354 e. The fourth-order valence-corrected chi connectivity index (χ4v) is 2.76. The molecule has 1 unspecified atom stereocenters. The van der Waals surface area contributed by atoms with Crippen LogP contribution in [0.2, 0.25) is 0 Å². The van der Waals surface area contributed by atoms with Gasteiger partial charge in [-0.3, -0.25) is 9.69 Å². The lowest BCUT2D eigenvalue weighted by molar-refractivity contribution is -0.126. The molecule has 106 valence electrons. The number of nitrogens with one attached hydrogen (secondary N) is 2. The van der Waals surface area contributed by atoms with Crippen LogP contribution in [-0.4, -0.2) is 49.6 Å². The first kappa shape index (κ1) is 15.7. The summed E-state index contributed by atoms with van der Waals surface area (Å²) >= 11 is 0. The first-order chi connectivity index (χ1) is 8.31. The molecular formula is C13H26ClN3O. The van der Waals surface area contributed by atoms with E-state index < -0.39 is 0 Å². The minimum absolute atomic E-state index is 0. The predicted octanol–water partition coefficient (Wildman–Crippen LogP) is 1.01. The summed E-state index contributed by atoms with van der Waals surface area (Å²) in [5, 5.41) is 6.18. The van der Waals surface area contributed by atoms with Gasteiger partial charge in [0.15, 0.2) is 0 Å². The lowest BCUT2D eigenvalue weighted by Crippen LogP contribution is -2.52. The van der Waals surface area contributed by atoms with Crippen LogP contribution in [0, 0.1) is 5.92 Å². The van der Waals surface area contributed by atoms with Crippen LogP contribution in [0.3, 0.4) is 0 Å². The third-order valence-electron chi connectivity index (χ3n) is 4.07. The van der Waals surface area contributed by atoms with Crippen LogP contribution in [0.4, 0.5) is 0 Å². The van der Waals surface area contributed by atoms with Crippen molar-refractivity contribution in [3.05, 3.63) is 0 Å². The standard InChI is InChI=1S/C13H25N3O.ClH/c1-2-12-5-3-4-7-16(12)8-6-15-13(17)11-9-14-10-11;/h11-12,14H,2-10H2,1H3,(H,15,17);1H. The fourth-order valence-electron chi connectivity index (χ4n) is 2.76. The van der Waals surface area contributed by atoms with E-state index in [1.165, 1.54) is 32.2 Å². The second-order valence-electron chi connectivity index (χ2n) is 5.24. The van der Waals surface area contributed by atoms with Gasteiger partial charge in [0, 0.05) is 32.2 Å². The Hall–Kier alpha value is -0.320. The molecule has 2 aliphatic heterocycles. The van der Waals surface area contributed by atoms with Gasteiger partial charge >= 0.3 is 0 Å². The summed E-state index contributed by atoms with van der Waals surface area (Å²) < 4.78 is 0. The van der Waals surface area contributed by atoms with Crippen LogP contribution in [-0.2, 0) is 4.79 Å². The molecule has 2 aliphatic rings. The number of rotatable bonds is 5. The van der Waals surface area contributed by atoms with Crippen LogP contribution in [0.25, 0.3) is 0 Å². The highest BCUT2D eigenvalue weighted by atomic mass is 35.5. The molecular weight excluding hydrogens is 250 g/mol. The summed E-state index contributed by atoms with van der Waals surface area (Å²) in [6.45, 7) is 7.01. The van der Waals surface area contributed by atoms with Gasteiger partial charge in [-0.05, 0) is 25.8 Å². The summed E-state index contributed by atoms with van der Waals surface area (Å²) in [7, 11) is 0. The summed E-state index contributed by atoms with van der Waals surface area (Å²) in [5.41, 5.74) is 0. The zero-order valence-corrected chi connectivity index (χ0v) is 12.1. The van der Waals surface area contributed by atoms with E-state index in [4.69, 9.17) is 0 Å². The highest BCUT2D eigenvalue weighted by Gasteiger charge is 2.25. The third-order valence-corrected chi connectivity index (χ3v) is 4.07. The van der Waals surface area contributed by atoms with Crippen molar-refractivity contribution in [1.82, 2.24) is 15.5 Å². The van der Waals surface area contributed by atoms with Crippen LogP contribution in [0.1, 0.15) is 32.6 Å². The molecule has 0 aromatic rings. The third kappa shape index (κ3) is 4.11. The quantitative estimate of drug-likeness (QED) is 0.787. The smallest absolute Gasteiger partial charge is 0.225 e. The van der Waals surface area contributed by atoms with E-state index in [9.17, 15) is 4.79 Å². The van der Waals surface area contributed by atoms with Crippen molar-refractivity contribution in [1.29, 1.82) is 0 Å². The number of amides is 1. The molecule has 0 saturated carbocycles. The average molecular weight is 276 g/mol. The van der Waals surface area contributed by atoms with Gasteiger partial charge in [0.25, 0.3) is 0 Å². The van der Waals surface area contributed by atoms with Crippen molar-refractivity contribution in [2.45, 2.75) is 38.6 Å². The zero-order chi connectivity index (χ0) is 12.1. The van der Waals surface area contributed by atoms with Crippen LogP contribution < -0.4 is 10.6 Å². The number of hydrogen-bond acceptors (Lipinski definition) is 3. The van der Waals surface area contributed by atoms with E-state index in [-0.39, 0.29) is 24.2 Å². The lowest BCUT2D eigenvalue weighted by atomic mass is 10.00. The number of carbonyl (C=O) groups excluding carboxylic acids is 1. The van der Waals surface area contributed by atoms with Gasteiger partial charge in [0.2, 0.25) is 5.91 Å². The van der Waals surface area contributed by atoms with E-state index in [0.717, 1.165) is 32.2 Å². The Kier molecular flexibility index (Phi) is 6.97. The molecule has 5 heteroatoms. The van der Waals surface area contributed by atoms with Crippen molar-refractivity contribution in [2.75, 3.05) is 32.7 Å². The highest BCUT2D eigenvalue weighted by Crippen LogP contribution is 2.18. The molecule has 4 nitrogen and oxygen atoms in total. The number of piperidine rings is 1. The van der Waals surface area contributed by atoms with Crippen molar-refractivity contribution in [2.24, 2.45) is 5.92 Å². The SMILES string of the molecule is CCC1CCCCN1CCNC(=O)C1CNC1.Cl. The van der Waals surface area contributed by atoms with Gasteiger partial charge in [-0.1, -0.05) is 13.3 Å². The van der Waals surface area contributed by atoms with E-state index >= 15 is 0 Å². The Bertz CT molecular complexity index is 259. The minimum atomic E-state index is 0. The molecule has 2 rings (SSSR count). The Balaban J connectivity index is 0.00000162. The molecule has 0 aromatic carbocycles. The Labute approximate surface area is 116 Å². The minimum Gasteiger partial charge on any atom is -0.354 e. The first-order valence-corrected chi connectivity index (χ1v) is 7.03. The molecule has 18 heavy (non-hydrogen) atoms. The topological polar surface area (TPSA) is 44.4 Å². The molecule has 0 aliphatic carbocycles. The number of hydrogen-bond donors (Lipinski definition) is 2. The van der Waals surface area contributed by atoms with E-state index in [2.05, 4.69) is 22.5 Å². The van der Waals surface area contributed by atoms with Crippen LogP contribution in [0.5, 0.6) is 0 Å². The van der Waals surface area contributed by atoms with Crippen LogP contribution in [0.15, 0.2) is 0 Å². The van der Waals surface area contributed by atoms with Crippen LogP contribution >= 0.6 is 12.4 Å². The van der Waals surface area contributed by atoms with Gasteiger partial charge in [-0.25, -0.2) is 0 Å². The second kappa shape index (κ2) is 7.97. The average Bonchev–Trinajstić information content (AvgIpc) is 2.27. The molecule has 2 N–H and O–H groups in total. The second-order valence-corrected chi connectivity index (χ2v) is 5.24. The lowest BCUT2D eigenvalue weighted by Gasteiger charge is -2.35. The van der Waals surface area contributed by atoms with Crippen molar-refractivity contribution >= 4 is 18.3 Å². The molecule has 0 radical (unpaired) electrons. The Morgan fingerprint density at radius 2 is 2.17 bits per heavy atom. The molecule has 2 saturated heterocycles. The van der Waals surface area contributed by atoms with Gasteiger partial charge in [-0.2, -0.15) is 0 Å². The van der Waals surface area contributed by atoms with E-state index in [1.807, 2.05) is 0 Å². The molecule has 0 bridgehead atoms. The fraction of sp³-hybridized carbons (Fsp3) is 0.923. The maximum atomic E-state index is 11.6. The van der Waals surface area contributed by atoms with E-state index in [1.54, 1.807) is 0 Å². The van der Waals surface area contributed by atoms with E-state index in [0.29, 0.717) is 0 Å². The van der Waals surface area contributed by atoms with Crippen molar-refractivity contribution < 1.29 is 4.79 Å². The van der Waals surface area contributed by atoms with Gasteiger partial charge in [0.1, 0.15) is 0 Å². The molecule has 1 atom stereocenters. The normalized spacial score (nSPS) is 25.1. The molecule has 0 spiro atoms. The number of halogens is 1. The first-order valence-electron chi connectivity index (χ1n) is 7.03. The number of carbonyl (C=O) groups is 1. The zero-order valence-electron chi connectivity index (χ0n) is 11.3. The summed E-state index contributed by atoms with van der Waals surface area (Å²) in [6.07, 6.45) is 5.25. The van der Waals surface area contributed by atoms with Crippen molar-refractivity contribution in [3.63, 3.8) is 0 Å². The summed E-state index contributed by atoms with van der Waals surface area (Å²) in [4.78, 5) is 14.2. The maximum absolute atomic E-state index is 11.6. The maximum Gasteiger partial charge on any atom is 0.225 e. The van der Waals surface area contributed by atoms with Gasteiger partial charge in [0.05, 0.1) is 5.92 Å². The highest BCUT2D eigenvalue weighted by molar-refractivity contribution is 5.85. The van der Waals surface area contributed by atoms with Gasteiger partial charge < -0.3 is 10.6 Å². The number of nitrogens with zero attached hydrogens (tertiary/aromatic N) is 1. The molecule has 0 aromatic heterocycles. The molecule has 2 fully saturated rings. The monoisotopic (exact) mass is 275 g/mol. The Morgan fingerprint density at radius 3 is 2.78 bits per heavy atom. The molecule has 1 amide bonds. The van der Waals surface area contributed by atoms with Crippen molar-refractivity contribution in [3.8, 4) is 0 Å². The Morgan fingerprint density at radius 1 is 1.39 bits per heavy atom. The summed E-state index contributed by atoms with van der Waals surface area (Å²) in [5.74, 6) is 0.451. The predicted molar refractivity (Wildman–Crippen MR) is 76.1 cm³/mol. The molecule has 2 heterocycles.